The molecule has 3 aromatic heterocycles. The normalized spacial score (nSPS) is 11.4. The molecule has 0 aliphatic rings. The Hall–Kier alpha value is -4.99. The lowest BCUT2D eigenvalue weighted by Crippen LogP contribution is -2.34. The summed E-state index contributed by atoms with van der Waals surface area (Å²) in [4.78, 5) is 44.5. The molecular weight excluding hydrogens is 919 g/mol. The van der Waals surface area contributed by atoms with Crippen LogP contribution in [0, 0.1) is 0 Å². The Morgan fingerprint density at radius 2 is 0.843 bits per heavy atom. The molecule has 0 bridgehead atoms. The van der Waals surface area contributed by atoms with E-state index in [1.807, 2.05) is 26.8 Å². The number of carbonyl (C=O) groups is 3. The molecule has 392 valence electrons. The van der Waals surface area contributed by atoms with E-state index in [1.165, 1.54) is 6.20 Å². The van der Waals surface area contributed by atoms with E-state index in [9.17, 15) is 14.4 Å². The molecule has 70 heavy (non-hydrogen) atoms. The molecule has 24 heteroatoms. The van der Waals surface area contributed by atoms with Crippen LogP contribution in [0.5, 0.6) is 0 Å². The third kappa shape index (κ3) is 32.8. The van der Waals surface area contributed by atoms with Gasteiger partial charge in [0.2, 0.25) is 23.5 Å². The second-order valence-corrected chi connectivity index (χ2v) is 15.6. The molecule has 3 N–H and O–H groups in total. The number of rotatable bonds is 43. The number of anilines is 1. The molecule has 0 fully saturated rings. The highest BCUT2D eigenvalue weighted by atomic mass is 16.6. The van der Waals surface area contributed by atoms with Gasteiger partial charge in [-0.2, -0.15) is 0 Å². The summed E-state index contributed by atoms with van der Waals surface area (Å²) in [6.07, 6.45) is 3.44. The average Bonchev–Trinajstić information content (AvgIpc) is 3.35. The summed E-state index contributed by atoms with van der Waals surface area (Å²) in [5.74, 6) is 0.156. The lowest BCUT2D eigenvalue weighted by atomic mass is 10.2. The number of amides is 3. The van der Waals surface area contributed by atoms with Crippen LogP contribution in [-0.2, 0) is 66.4 Å². The van der Waals surface area contributed by atoms with E-state index in [1.54, 1.807) is 30.5 Å². The second-order valence-electron chi connectivity index (χ2n) is 15.6. The third-order valence-corrected chi connectivity index (χ3v) is 8.66. The van der Waals surface area contributed by atoms with E-state index in [0.717, 1.165) is 0 Å². The van der Waals surface area contributed by atoms with Crippen LogP contribution < -0.4 is 16.0 Å². The van der Waals surface area contributed by atoms with Gasteiger partial charge in [0.15, 0.2) is 0 Å². The SMILES string of the molecule is CC(C)(C)OC(=O)NCCOCCOCCOCCOCCOCCOCCOCCOCCOCCOCCOCCNC(=O)CCCC(=O)Nc1ccc(-c2nnc(-c3ccccn3)nn2)nc1. The molecule has 0 saturated heterocycles. The second kappa shape index (κ2) is 39.7. The molecule has 0 saturated carbocycles. The number of ether oxygens (including phenoxy) is 12. The zero-order chi connectivity index (χ0) is 50.0. The van der Waals surface area contributed by atoms with Crippen LogP contribution in [0.4, 0.5) is 10.5 Å². The number of carbonyl (C=O) groups excluding carboxylic acids is 3. The van der Waals surface area contributed by atoms with Crippen LogP contribution in [0.15, 0.2) is 42.7 Å². The van der Waals surface area contributed by atoms with Gasteiger partial charge in [-0.3, -0.25) is 19.6 Å². The molecule has 0 unspecified atom stereocenters. The van der Waals surface area contributed by atoms with Crippen molar-refractivity contribution in [3.05, 3.63) is 42.7 Å². The van der Waals surface area contributed by atoms with Crippen molar-refractivity contribution >= 4 is 23.6 Å². The number of hydrogen-bond acceptors (Lipinski definition) is 21. The molecular formula is C46H73N9O15. The van der Waals surface area contributed by atoms with Gasteiger partial charge < -0.3 is 72.8 Å². The van der Waals surface area contributed by atoms with Crippen molar-refractivity contribution in [2.45, 2.75) is 45.6 Å². The predicted molar refractivity (Wildman–Crippen MR) is 253 cm³/mol. The molecule has 0 aliphatic heterocycles. The standard InChI is InChI=1S/C46H73N9O15/c1-46(2,3)70-45(58)49-14-16-60-18-20-62-22-24-64-26-28-66-30-32-68-34-36-69-35-33-67-31-29-65-27-25-63-23-21-61-19-17-59-15-13-48-41(56)8-6-9-42(57)51-38-10-11-40(50-37-38)44-54-52-43(53-55-44)39-7-4-5-12-47-39/h4-5,7,10-12,37H,6,8-9,13-36H2,1-3H3,(H,48,56)(H,49,58)(H,51,57). The monoisotopic (exact) mass is 992 g/mol. The summed E-state index contributed by atoms with van der Waals surface area (Å²) >= 11 is 0. The third-order valence-electron chi connectivity index (χ3n) is 8.66. The summed E-state index contributed by atoms with van der Waals surface area (Å²) in [5, 5.41) is 24.5. The maximum atomic E-state index is 12.4. The molecule has 24 nitrogen and oxygen atoms in total. The van der Waals surface area contributed by atoms with Crippen molar-refractivity contribution in [2.75, 3.05) is 164 Å². The van der Waals surface area contributed by atoms with Crippen molar-refractivity contribution in [1.82, 2.24) is 41.0 Å². The fraction of sp³-hybridized carbons (Fsp3) is 0.674. The van der Waals surface area contributed by atoms with Crippen molar-refractivity contribution in [3.8, 4) is 23.0 Å². The average molecular weight is 992 g/mol. The first kappa shape index (κ1) is 59.3. The number of alkyl carbamates (subject to hydrolysis) is 1. The largest absolute Gasteiger partial charge is 0.444 e. The number of nitrogens with zero attached hydrogens (tertiary/aromatic N) is 6. The summed E-state index contributed by atoms with van der Waals surface area (Å²) in [6.45, 7) is 15.9. The Labute approximate surface area is 410 Å². The highest BCUT2D eigenvalue weighted by Crippen LogP contribution is 2.15. The van der Waals surface area contributed by atoms with E-state index >= 15 is 0 Å². The Bertz CT molecular complexity index is 1770. The van der Waals surface area contributed by atoms with E-state index in [-0.39, 0.29) is 30.5 Å². The van der Waals surface area contributed by atoms with Crippen molar-refractivity contribution in [2.24, 2.45) is 0 Å². The zero-order valence-corrected chi connectivity index (χ0v) is 40.9. The molecule has 0 aromatic carbocycles. The highest BCUT2D eigenvalue weighted by Gasteiger charge is 2.15. The Morgan fingerprint density at radius 3 is 1.21 bits per heavy atom. The first-order valence-electron chi connectivity index (χ1n) is 23.5. The molecule has 3 heterocycles. The highest BCUT2D eigenvalue weighted by molar-refractivity contribution is 5.91. The first-order valence-corrected chi connectivity index (χ1v) is 23.5. The summed E-state index contributed by atoms with van der Waals surface area (Å²) < 4.78 is 65.4. The molecule has 0 radical (unpaired) electrons. The van der Waals surface area contributed by atoms with Gasteiger partial charge in [-0.05, 0) is 51.5 Å². The fourth-order valence-electron chi connectivity index (χ4n) is 5.35. The summed E-state index contributed by atoms with van der Waals surface area (Å²) in [7, 11) is 0. The van der Waals surface area contributed by atoms with Gasteiger partial charge >= 0.3 is 6.09 Å². The van der Waals surface area contributed by atoms with E-state index in [4.69, 9.17) is 56.8 Å². The number of aromatic nitrogens is 6. The smallest absolute Gasteiger partial charge is 0.407 e. The van der Waals surface area contributed by atoms with Gasteiger partial charge in [0.25, 0.3) is 0 Å². The molecule has 0 spiro atoms. The Morgan fingerprint density at radius 1 is 0.457 bits per heavy atom. The lowest BCUT2D eigenvalue weighted by molar-refractivity contribution is -0.121. The van der Waals surface area contributed by atoms with Crippen LogP contribution in [0.3, 0.4) is 0 Å². The Balaban J connectivity index is 0.945. The number of pyridine rings is 2. The minimum Gasteiger partial charge on any atom is -0.444 e. The maximum absolute atomic E-state index is 12.4. The Kier molecular flexibility index (Phi) is 33.6. The quantitative estimate of drug-likeness (QED) is 0.0686. The van der Waals surface area contributed by atoms with Crippen molar-refractivity contribution in [3.63, 3.8) is 0 Å². The maximum Gasteiger partial charge on any atom is 0.407 e. The van der Waals surface area contributed by atoms with Gasteiger partial charge in [0.05, 0.1) is 157 Å². The van der Waals surface area contributed by atoms with Gasteiger partial charge in [-0.15, -0.1) is 20.4 Å². The molecule has 0 atom stereocenters. The summed E-state index contributed by atoms with van der Waals surface area (Å²) in [5.41, 5.74) is 0.988. The first-order chi connectivity index (χ1) is 34.2. The van der Waals surface area contributed by atoms with Gasteiger partial charge in [0, 0.05) is 32.1 Å². The van der Waals surface area contributed by atoms with E-state index in [2.05, 4.69) is 46.3 Å². The van der Waals surface area contributed by atoms with E-state index in [0.29, 0.717) is 188 Å². The van der Waals surface area contributed by atoms with Gasteiger partial charge in [0.1, 0.15) is 17.0 Å². The van der Waals surface area contributed by atoms with Crippen molar-refractivity contribution < 1.29 is 71.2 Å². The van der Waals surface area contributed by atoms with Crippen LogP contribution >= 0.6 is 0 Å². The molecule has 3 amide bonds. The van der Waals surface area contributed by atoms with Crippen molar-refractivity contribution in [1.29, 1.82) is 0 Å². The predicted octanol–water partition coefficient (Wildman–Crippen LogP) is 2.32. The minimum atomic E-state index is -0.524. The van der Waals surface area contributed by atoms with E-state index < -0.39 is 11.7 Å². The molecule has 3 rings (SSSR count). The zero-order valence-electron chi connectivity index (χ0n) is 40.9. The topological polar surface area (TPSA) is 275 Å². The van der Waals surface area contributed by atoms with Gasteiger partial charge in [-0.25, -0.2) is 4.79 Å². The molecule has 0 aliphatic carbocycles. The summed E-state index contributed by atoms with van der Waals surface area (Å²) in [6, 6.07) is 8.71. The van der Waals surface area contributed by atoms with Crippen LogP contribution in [0.1, 0.15) is 40.0 Å². The van der Waals surface area contributed by atoms with Gasteiger partial charge in [-0.1, -0.05) is 6.07 Å². The molecule has 3 aromatic rings. The number of nitrogens with one attached hydrogen (secondary N) is 3. The van der Waals surface area contributed by atoms with Crippen LogP contribution in [0.2, 0.25) is 0 Å². The lowest BCUT2D eigenvalue weighted by Gasteiger charge is -2.19. The van der Waals surface area contributed by atoms with Crippen LogP contribution in [-0.4, -0.2) is 212 Å². The number of hydrogen-bond donors (Lipinski definition) is 3. The van der Waals surface area contributed by atoms with Crippen LogP contribution in [0.25, 0.3) is 23.0 Å². The minimum absolute atomic E-state index is 0.157. The fourth-order valence-corrected chi connectivity index (χ4v) is 5.35.